The van der Waals surface area contributed by atoms with E-state index in [0.717, 1.165) is 19.3 Å². The lowest BCUT2D eigenvalue weighted by molar-refractivity contribution is -0.125. The zero-order valence-corrected chi connectivity index (χ0v) is 19.7. The zero-order valence-electron chi connectivity index (χ0n) is 18.9. The highest BCUT2D eigenvalue weighted by atomic mass is 32.2. The Balaban J connectivity index is 1.51. The Bertz CT molecular complexity index is 1270. The van der Waals surface area contributed by atoms with Crippen LogP contribution in [0.4, 0.5) is 10.1 Å². The lowest BCUT2D eigenvalue weighted by Crippen LogP contribution is -2.35. The maximum absolute atomic E-state index is 13.2. The number of carbonyl (C=O) groups excluding carboxylic acids is 2. The summed E-state index contributed by atoms with van der Waals surface area (Å²) in [4.78, 5) is 25.9. The molecule has 0 aliphatic carbocycles. The molecule has 1 heterocycles. The van der Waals surface area contributed by atoms with Crippen LogP contribution in [0.1, 0.15) is 41.3 Å². The van der Waals surface area contributed by atoms with E-state index in [2.05, 4.69) is 5.32 Å². The van der Waals surface area contributed by atoms with Gasteiger partial charge in [0.05, 0.1) is 10.5 Å². The molecule has 1 N–H and O–H groups in total. The lowest BCUT2D eigenvalue weighted by Gasteiger charge is -2.25. The van der Waals surface area contributed by atoms with Crippen LogP contribution in [-0.2, 0) is 19.6 Å². The molecule has 1 fully saturated rings. The van der Waals surface area contributed by atoms with E-state index in [-0.39, 0.29) is 10.5 Å². The molecular weight excluding hydrogens is 471 g/mol. The van der Waals surface area contributed by atoms with Crippen LogP contribution in [0.25, 0.3) is 0 Å². The third kappa shape index (κ3) is 5.93. The van der Waals surface area contributed by atoms with Crippen molar-refractivity contribution in [2.24, 2.45) is 0 Å². The Morgan fingerprint density at radius 3 is 2.11 bits per heavy atom. The fraction of sp³-hybridized carbons (Fsp3) is 0.231. The summed E-state index contributed by atoms with van der Waals surface area (Å²) < 4.78 is 45.9. The molecular formula is C26H25FN2O5S. The van der Waals surface area contributed by atoms with Crippen molar-refractivity contribution in [2.75, 3.05) is 18.4 Å². The molecule has 0 spiro atoms. The van der Waals surface area contributed by atoms with Gasteiger partial charge in [-0.15, -0.1) is 0 Å². The number of anilines is 1. The molecule has 4 rings (SSSR count). The highest BCUT2D eigenvalue weighted by Gasteiger charge is 2.28. The predicted molar refractivity (Wildman–Crippen MR) is 129 cm³/mol. The third-order valence-corrected chi connectivity index (χ3v) is 7.63. The number of amides is 1. The first kappa shape index (κ1) is 24.6. The number of esters is 1. The molecule has 0 radical (unpaired) electrons. The van der Waals surface area contributed by atoms with Crippen LogP contribution in [0.5, 0.6) is 0 Å². The fourth-order valence-electron chi connectivity index (χ4n) is 3.83. The first-order chi connectivity index (χ1) is 16.8. The number of benzene rings is 3. The molecule has 1 amide bonds. The Morgan fingerprint density at radius 2 is 1.49 bits per heavy atom. The van der Waals surface area contributed by atoms with E-state index in [1.54, 1.807) is 30.3 Å². The molecule has 0 saturated carbocycles. The van der Waals surface area contributed by atoms with Gasteiger partial charge in [0.2, 0.25) is 16.1 Å². The van der Waals surface area contributed by atoms with E-state index in [9.17, 15) is 22.4 Å². The molecule has 3 aromatic carbocycles. The number of nitrogens with zero attached hydrogens (tertiary/aromatic N) is 1. The largest absolute Gasteiger partial charge is 0.444 e. The molecule has 35 heavy (non-hydrogen) atoms. The van der Waals surface area contributed by atoms with Crippen LogP contribution in [0.15, 0.2) is 83.8 Å². The monoisotopic (exact) mass is 496 g/mol. The van der Waals surface area contributed by atoms with Crippen LogP contribution in [0, 0.1) is 5.82 Å². The van der Waals surface area contributed by atoms with Crippen molar-refractivity contribution in [3.63, 3.8) is 0 Å². The second-order valence-corrected chi connectivity index (χ2v) is 10.1. The van der Waals surface area contributed by atoms with Gasteiger partial charge in [-0.05, 0) is 61.4 Å². The van der Waals surface area contributed by atoms with Gasteiger partial charge in [-0.25, -0.2) is 17.6 Å². The minimum Gasteiger partial charge on any atom is -0.444 e. The van der Waals surface area contributed by atoms with E-state index in [4.69, 9.17) is 4.74 Å². The summed E-state index contributed by atoms with van der Waals surface area (Å²) in [5.74, 6) is -1.84. The van der Waals surface area contributed by atoms with Crippen LogP contribution in [0.3, 0.4) is 0 Å². The van der Waals surface area contributed by atoms with Crippen LogP contribution >= 0.6 is 0 Å². The van der Waals surface area contributed by atoms with Crippen molar-refractivity contribution >= 4 is 27.6 Å². The van der Waals surface area contributed by atoms with E-state index >= 15 is 0 Å². The minimum atomic E-state index is -3.63. The second-order valence-electron chi connectivity index (χ2n) is 8.18. The van der Waals surface area contributed by atoms with Gasteiger partial charge < -0.3 is 10.1 Å². The van der Waals surface area contributed by atoms with Gasteiger partial charge in [0.1, 0.15) is 5.82 Å². The van der Waals surface area contributed by atoms with Crippen LogP contribution in [0.2, 0.25) is 0 Å². The molecule has 0 aromatic heterocycles. The summed E-state index contributed by atoms with van der Waals surface area (Å²) in [5, 5.41) is 2.62. The first-order valence-corrected chi connectivity index (χ1v) is 12.7. The van der Waals surface area contributed by atoms with Gasteiger partial charge >= 0.3 is 5.97 Å². The summed E-state index contributed by atoms with van der Waals surface area (Å²) in [6.45, 7) is 0.960. The van der Waals surface area contributed by atoms with Gasteiger partial charge in [-0.2, -0.15) is 4.31 Å². The van der Waals surface area contributed by atoms with Gasteiger partial charge in [0, 0.05) is 24.3 Å². The molecule has 0 unspecified atom stereocenters. The van der Waals surface area contributed by atoms with Gasteiger partial charge in [0.25, 0.3) is 5.91 Å². The molecule has 1 saturated heterocycles. The average Bonchev–Trinajstić information content (AvgIpc) is 2.89. The fourth-order valence-corrected chi connectivity index (χ4v) is 5.35. The maximum Gasteiger partial charge on any atom is 0.339 e. The maximum atomic E-state index is 13.2. The van der Waals surface area contributed by atoms with Crippen molar-refractivity contribution < 1.29 is 27.1 Å². The Hall–Kier alpha value is -3.56. The molecule has 9 heteroatoms. The van der Waals surface area contributed by atoms with E-state index in [1.807, 2.05) is 0 Å². The molecule has 1 atom stereocenters. The third-order valence-electron chi connectivity index (χ3n) is 5.72. The highest BCUT2D eigenvalue weighted by Crippen LogP contribution is 2.24. The molecule has 1 aliphatic rings. The van der Waals surface area contributed by atoms with E-state index in [0.29, 0.717) is 24.3 Å². The second kappa shape index (κ2) is 10.8. The van der Waals surface area contributed by atoms with Gasteiger partial charge in [-0.3, -0.25) is 4.79 Å². The highest BCUT2D eigenvalue weighted by molar-refractivity contribution is 7.89. The van der Waals surface area contributed by atoms with E-state index in [1.165, 1.54) is 52.8 Å². The number of hydrogen-bond donors (Lipinski definition) is 1. The molecule has 182 valence electrons. The van der Waals surface area contributed by atoms with Crippen molar-refractivity contribution in [2.45, 2.75) is 30.3 Å². The number of rotatable bonds is 7. The quantitative estimate of drug-likeness (QED) is 0.485. The topological polar surface area (TPSA) is 92.8 Å². The Morgan fingerprint density at radius 1 is 0.857 bits per heavy atom. The molecule has 7 nitrogen and oxygen atoms in total. The number of carbonyl (C=O) groups is 2. The number of sulfonamides is 1. The standard InChI is InChI=1S/C26H25FN2O5S/c27-21-11-13-22(14-12-21)28-25(30)24(19-7-3-1-4-8-19)34-26(31)20-9-15-23(16-10-20)35(32,33)29-17-5-2-6-18-29/h1,3-4,7-16,24H,2,5-6,17-18H2,(H,28,30)/t24-/m1/s1. The number of piperidine rings is 1. The smallest absolute Gasteiger partial charge is 0.339 e. The van der Waals surface area contributed by atoms with Crippen LogP contribution < -0.4 is 5.32 Å². The SMILES string of the molecule is O=C(O[C@@H](C(=O)Nc1ccc(F)cc1)c1ccccc1)c1ccc(S(=O)(=O)N2CCCCC2)cc1. The molecule has 1 aliphatic heterocycles. The van der Waals surface area contributed by atoms with Crippen molar-refractivity contribution in [1.82, 2.24) is 4.31 Å². The number of halogens is 1. The van der Waals surface area contributed by atoms with Crippen molar-refractivity contribution in [3.8, 4) is 0 Å². The van der Waals surface area contributed by atoms with E-state index < -0.39 is 33.8 Å². The molecule has 0 bridgehead atoms. The summed E-state index contributed by atoms with van der Waals surface area (Å²) in [6.07, 6.45) is 1.38. The van der Waals surface area contributed by atoms with Crippen LogP contribution in [-0.4, -0.2) is 37.7 Å². The van der Waals surface area contributed by atoms with Gasteiger partial charge in [0.15, 0.2) is 0 Å². The summed E-state index contributed by atoms with van der Waals surface area (Å²) in [5.41, 5.74) is 0.906. The zero-order chi connectivity index (χ0) is 24.8. The predicted octanol–water partition coefficient (Wildman–Crippen LogP) is 4.54. The Labute approximate surface area is 203 Å². The normalized spacial score (nSPS) is 15.2. The van der Waals surface area contributed by atoms with Crippen molar-refractivity contribution in [1.29, 1.82) is 0 Å². The summed E-state index contributed by atoms with van der Waals surface area (Å²) in [7, 11) is -3.63. The average molecular weight is 497 g/mol. The van der Waals surface area contributed by atoms with Gasteiger partial charge in [-0.1, -0.05) is 36.8 Å². The minimum absolute atomic E-state index is 0.101. The lowest BCUT2D eigenvalue weighted by atomic mass is 10.1. The summed E-state index contributed by atoms with van der Waals surface area (Å²) in [6, 6.07) is 19.2. The Kier molecular flexibility index (Phi) is 7.57. The number of hydrogen-bond acceptors (Lipinski definition) is 5. The number of ether oxygens (including phenoxy) is 1. The van der Waals surface area contributed by atoms with Crippen molar-refractivity contribution in [3.05, 3.63) is 95.8 Å². The summed E-state index contributed by atoms with van der Waals surface area (Å²) >= 11 is 0. The molecule has 3 aromatic rings. The first-order valence-electron chi connectivity index (χ1n) is 11.3. The number of nitrogens with one attached hydrogen (secondary N) is 1.